The molecule has 0 fully saturated rings. The zero-order valence-electron chi connectivity index (χ0n) is 17.8. The lowest BCUT2D eigenvalue weighted by Gasteiger charge is -2.21. The number of aliphatic hydroxyl groups is 1. The molecule has 4 rings (SSSR count). The third-order valence-corrected chi connectivity index (χ3v) is 7.09. The Bertz CT molecular complexity index is 1330. The highest BCUT2D eigenvalue weighted by Gasteiger charge is 2.22. The second-order valence-corrected chi connectivity index (χ2v) is 9.63. The molecular weight excluding hydrogens is 418 g/mol. The number of aryl methyl sites for hydroxylation is 1. The van der Waals surface area contributed by atoms with Crippen LogP contribution in [-0.4, -0.2) is 17.8 Å². The van der Waals surface area contributed by atoms with E-state index in [9.17, 15) is 13.5 Å². The summed E-state index contributed by atoms with van der Waals surface area (Å²) in [6.45, 7) is 2.08. The average Bonchev–Trinajstić information content (AvgIpc) is 2.82. The molecule has 0 aliphatic carbocycles. The topological polar surface area (TPSA) is 57.6 Å². The molecule has 0 aliphatic rings. The van der Waals surface area contributed by atoms with E-state index in [1.807, 2.05) is 79.7 Å². The predicted molar refractivity (Wildman–Crippen MR) is 128 cm³/mol. The SMILES string of the molecule is Cc1ccc(S(=O)(=O)N(/C=C/[C@@H](O)c2ccc3ccccc3c2)Cc2ccccc2)cc1. The van der Waals surface area contributed by atoms with E-state index >= 15 is 0 Å². The van der Waals surface area contributed by atoms with Crippen molar-refractivity contribution < 1.29 is 13.5 Å². The van der Waals surface area contributed by atoms with E-state index in [1.54, 1.807) is 24.3 Å². The lowest BCUT2D eigenvalue weighted by molar-refractivity contribution is 0.227. The van der Waals surface area contributed by atoms with Gasteiger partial charge in [0.25, 0.3) is 10.0 Å². The quantitative estimate of drug-likeness (QED) is 0.405. The van der Waals surface area contributed by atoms with Crippen molar-refractivity contribution in [1.29, 1.82) is 0 Å². The Kier molecular flexibility index (Phi) is 6.40. The van der Waals surface area contributed by atoms with Gasteiger partial charge in [-0.05, 0) is 53.1 Å². The average molecular weight is 444 g/mol. The third kappa shape index (κ3) is 4.90. The highest BCUT2D eigenvalue weighted by molar-refractivity contribution is 7.89. The fraction of sp³-hybridized carbons (Fsp3) is 0.111. The van der Waals surface area contributed by atoms with Gasteiger partial charge in [0.05, 0.1) is 17.5 Å². The highest BCUT2D eigenvalue weighted by atomic mass is 32.2. The largest absolute Gasteiger partial charge is 0.384 e. The molecule has 0 aliphatic heterocycles. The van der Waals surface area contributed by atoms with Gasteiger partial charge in [0.2, 0.25) is 0 Å². The second-order valence-electron chi connectivity index (χ2n) is 7.74. The normalized spacial score (nSPS) is 12.8. The Morgan fingerprint density at radius 1 is 0.844 bits per heavy atom. The van der Waals surface area contributed by atoms with Crippen LogP contribution in [0.3, 0.4) is 0 Å². The number of aliphatic hydroxyl groups excluding tert-OH is 1. The van der Waals surface area contributed by atoms with Crippen LogP contribution in [0.15, 0.2) is 114 Å². The molecule has 162 valence electrons. The molecule has 0 saturated heterocycles. The molecule has 0 bridgehead atoms. The lowest BCUT2D eigenvalue weighted by atomic mass is 10.0. The first kappa shape index (κ1) is 21.8. The Morgan fingerprint density at radius 3 is 2.22 bits per heavy atom. The van der Waals surface area contributed by atoms with Crippen molar-refractivity contribution in [3.8, 4) is 0 Å². The van der Waals surface area contributed by atoms with Crippen LogP contribution in [0.4, 0.5) is 0 Å². The molecule has 4 aromatic carbocycles. The fourth-order valence-electron chi connectivity index (χ4n) is 3.51. The van der Waals surface area contributed by atoms with Crippen LogP contribution in [0.25, 0.3) is 10.8 Å². The molecule has 1 N–H and O–H groups in total. The van der Waals surface area contributed by atoms with Crippen molar-refractivity contribution in [2.45, 2.75) is 24.5 Å². The molecular formula is C27H25NO3S. The smallest absolute Gasteiger partial charge is 0.264 e. The van der Waals surface area contributed by atoms with Gasteiger partial charge in [-0.1, -0.05) is 84.4 Å². The minimum atomic E-state index is -3.79. The number of hydrogen-bond acceptors (Lipinski definition) is 3. The molecule has 0 unspecified atom stereocenters. The van der Waals surface area contributed by atoms with Gasteiger partial charge in [0.1, 0.15) is 0 Å². The monoisotopic (exact) mass is 443 g/mol. The van der Waals surface area contributed by atoms with E-state index in [-0.39, 0.29) is 11.4 Å². The summed E-state index contributed by atoms with van der Waals surface area (Å²) in [6, 6.07) is 29.8. The van der Waals surface area contributed by atoms with Crippen molar-refractivity contribution in [2.75, 3.05) is 0 Å². The molecule has 0 amide bonds. The first-order valence-electron chi connectivity index (χ1n) is 10.4. The second kappa shape index (κ2) is 9.39. The van der Waals surface area contributed by atoms with Crippen LogP contribution in [0.1, 0.15) is 22.8 Å². The molecule has 0 spiro atoms. The Morgan fingerprint density at radius 2 is 1.50 bits per heavy atom. The number of hydrogen-bond donors (Lipinski definition) is 1. The summed E-state index contributed by atoms with van der Waals surface area (Å²) in [5.41, 5.74) is 2.54. The summed E-state index contributed by atoms with van der Waals surface area (Å²) in [7, 11) is -3.79. The van der Waals surface area contributed by atoms with Crippen molar-refractivity contribution in [2.24, 2.45) is 0 Å². The zero-order chi connectivity index (χ0) is 22.6. The number of fused-ring (bicyclic) bond motifs is 1. The number of sulfonamides is 1. The standard InChI is InChI=1S/C27H25NO3S/c1-21-11-15-26(16-12-21)32(30,31)28(20-22-7-3-2-4-8-22)18-17-27(29)25-14-13-23-9-5-6-10-24(23)19-25/h2-19,27,29H,20H2,1H3/b18-17+/t27-/m1/s1. The summed E-state index contributed by atoms with van der Waals surface area (Å²) < 4.78 is 28.0. The maximum atomic E-state index is 13.4. The summed E-state index contributed by atoms with van der Waals surface area (Å²) in [4.78, 5) is 0.212. The first-order valence-corrected chi connectivity index (χ1v) is 11.8. The van der Waals surface area contributed by atoms with Gasteiger partial charge in [0.15, 0.2) is 0 Å². The van der Waals surface area contributed by atoms with Crippen molar-refractivity contribution >= 4 is 20.8 Å². The van der Waals surface area contributed by atoms with Crippen LogP contribution < -0.4 is 0 Å². The van der Waals surface area contributed by atoms with Crippen LogP contribution >= 0.6 is 0 Å². The summed E-state index contributed by atoms with van der Waals surface area (Å²) in [6.07, 6.45) is 2.03. The van der Waals surface area contributed by atoms with E-state index < -0.39 is 16.1 Å². The Labute approximate surface area is 189 Å². The first-order chi connectivity index (χ1) is 15.4. The summed E-state index contributed by atoms with van der Waals surface area (Å²) >= 11 is 0. The number of rotatable bonds is 7. The van der Waals surface area contributed by atoms with Gasteiger partial charge < -0.3 is 5.11 Å². The van der Waals surface area contributed by atoms with E-state index in [4.69, 9.17) is 0 Å². The molecule has 32 heavy (non-hydrogen) atoms. The molecule has 0 aromatic heterocycles. The van der Waals surface area contributed by atoms with Gasteiger partial charge >= 0.3 is 0 Å². The summed E-state index contributed by atoms with van der Waals surface area (Å²) in [5, 5.41) is 12.9. The van der Waals surface area contributed by atoms with Gasteiger partial charge in [-0.2, -0.15) is 0 Å². The Balaban J connectivity index is 1.65. The molecule has 0 heterocycles. The van der Waals surface area contributed by atoms with Crippen LogP contribution in [0.5, 0.6) is 0 Å². The molecule has 4 nitrogen and oxygen atoms in total. The van der Waals surface area contributed by atoms with Gasteiger partial charge in [0, 0.05) is 6.20 Å². The predicted octanol–water partition coefficient (Wildman–Crippen LogP) is 5.59. The van der Waals surface area contributed by atoms with Gasteiger partial charge in [-0.25, -0.2) is 8.42 Å². The third-order valence-electron chi connectivity index (χ3n) is 5.36. The van der Waals surface area contributed by atoms with E-state index in [0.717, 1.165) is 21.9 Å². The zero-order valence-corrected chi connectivity index (χ0v) is 18.6. The molecule has 5 heteroatoms. The van der Waals surface area contributed by atoms with Crippen LogP contribution in [0, 0.1) is 6.92 Å². The van der Waals surface area contributed by atoms with Crippen LogP contribution in [0.2, 0.25) is 0 Å². The molecule has 0 radical (unpaired) electrons. The minimum absolute atomic E-state index is 0.165. The highest BCUT2D eigenvalue weighted by Crippen LogP contribution is 2.24. The fourth-order valence-corrected chi connectivity index (χ4v) is 4.81. The molecule has 4 aromatic rings. The lowest BCUT2D eigenvalue weighted by Crippen LogP contribution is -2.26. The molecule has 1 atom stereocenters. The van der Waals surface area contributed by atoms with Gasteiger partial charge in [-0.15, -0.1) is 0 Å². The molecule has 0 saturated carbocycles. The van der Waals surface area contributed by atoms with Crippen molar-refractivity contribution in [3.63, 3.8) is 0 Å². The number of benzene rings is 4. The maximum Gasteiger partial charge on any atom is 0.264 e. The van der Waals surface area contributed by atoms with Crippen LogP contribution in [-0.2, 0) is 16.6 Å². The van der Waals surface area contributed by atoms with Crippen molar-refractivity contribution in [1.82, 2.24) is 4.31 Å². The van der Waals surface area contributed by atoms with E-state index in [2.05, 4.69) is 0 Å². The summed E-state index contributed by atoms with van der Waals surface area (Å²) in [5.74, 6) is 0. The van der Waals surface area contributed by atoms with E-state index in [1.165, 1.54) is 16.6 Å². The van der Waals surface area contributed by atoms with Gasteiger partial charge in [-0.3, -0.25) is 4.31 Å². The minimum Gasteiger partial charge on any atom is -0.384 e. The van der Waals surface area contributed by atoms with Crippen molar-refractivity contribution in [3.05, 3.63) is 126 Å². The Hall–Kier alpha value is -3.41. The maximum absolute atomic E-state index is 13.4. The number of nitrogens with zero attached hydrogens (tertiary/aromatic N) is 1. The van der Waals surface area contributed by atoms with E-state index in [0.29, 0.717) is 5.56 Å².